The van der Waals surface area contributed by atoms with E-state index in [0.29, 0.717) is 17.2 Å². The minimum atomic E-state index is -0.363. The molecule has 6 heteroatoms. The van der Waals surface area contributed by atoms with Crippen LogP contribution < -0.4 is 10.1 Å². The molecule has 5 nitrogen and oxygen atoms in total. The number of anilines is 1. The standard InChI is InChI=1S/C20H23NO4S/c1-4-24-20(23)17-14-9-6-10-15(14)26-19(17)21-16(22)11-25-18-12(2)7-5-8-13(18)3/h5,7-8H,4,6,9-11H2,1-3H3,(H,21,22). The lowest BCUT2D eigenvalue weighted by atomic mass is 10.1. The van der Waals surface area contributed by atoms with Crippen LogP contribution in [0.25, 0.3) is 0 Å². The summed E-state index contributed by atoms with van der Waals surface area (Å²) < 4.78 is 10.9. The molecule has 0 saturated heterocycles. The van der Waals surface area contributed by atoms with E-state index >= 15 is 0 Å². The van der Waals surface area contributed by atoms with Gasteiger partial charge in [0.1, 0.15) is 10.8 Å². The molecule has 2 aromatic rings. The van der Waals surface area contributed by atoms with Gasteiger partial charge in [0.25, 0.3) is 5.91 Å². The lowest BCUT2D eigenvalue weighted by Crippen LogP contribution is -2.21. The molecule has 3 rings (SSSR count). The number of benzene rings is 1. The average molecular weight is 373 g/mol. The van der Waals surface area contributed by atoms with E-state index in [0.717, 1.165) is 41.7 Å². The minimum absolute atomic E-state index is 0.101. The Bertz CT molecular complexity index is 820. The quantitative estimate of drug-likeness (QED) is 0.776. The number of amides is 1. The second kappa shape index (κ2) is 7.91. The van der Waals surface area contributed by atoms with Crippen molar-refractivity contribution in [2.45, 2.75) is 40.0 Å². The normalized spacial score (nSPS) is 12.6. The lowest BCUT2D eigenvalue weighted by molar-refractivity contribution is -0.118. The van der Waals surface area contributed by atoms with Crippen LogP contribution in [0, 0.1) is 13.8 Å². The molecule has 1 aromatic carbocycles. The van der Waals surface area contributed by atoms with E-state index < -0.39 is 0 Å². The van der Waals surface area contributed by atoms with Crippen LogP contribution in [-0.4, -0.2) is 25.1 Å². The highest BCUT2D eigenvalue weighted by atomic mass is 32.1. The first kappa shape index (κ1) is 18.5. The number of ether oxygens (including phenoxy) is 2. The van der Waals surface area contributed by atoms with Crippen LogP contribution in [0.15, 0.2) is 18.2 Å². The van der Waals surface area contributed by atoms with Crippen LogP contribution in [0.1, 0.15) is 45.3 Å². The van der Waals surface area contributed by atoms with Crippen molar-refractivity contribution in [1.29, 1.82) is 0 Å². The zero-order valence-corrected chi connectivity index (χ0v) is 16.1. The third-order valence-electron chi connectivity index (χ3n) is 4.41. The van der Waals surface area contributed by atoms with Gasteiger partial charge in [0.2, 0.25) is 0 Å². The molecular weight excluding hydrogens is 350 g/mol. The Morgan fingerprint density at radius 3 is 2.62 bits per heavy atom. The number of rotatable bonds is 6. The van der Waals surface area contributed by atoms with Crippen LogP contribution in [0.5, 0.6) is 5.75 Å². The summed E-state index contributed by atoms with van der Waals surface area (Å²) in [6, 6.07) is 5.85. The summed E-state index contributed by atoms with van der Waals surface area (Å²) >= 11 is 1.47. The summed E-state index contributed by atoms with van der Waals surface area (Å²) in [7, 11) is 0. The molecule has 0 unspecified atom stereocenters. The van der Waals surface area contributed by atoms with Crippen molar-refractivity contribution >= 4 is 28.2 Å². The molecule has 1 aliphatic rings. The molecule has 0 atom stereocenters. The fourth-order valence-corrected chi connectivity index (χ4v) is 4.53. The summed E-state index contributed by atoms with van der Waals surface area (Å²) in [5, 5.41) is 3.41. The van der Waals surface area contributed by atoms with Gasteiger partial charge in [-0.15, -0.1) is 11.3 Å². The number of hydrogen-bond donors (Lipinski definition) is 1. The average Bonchev–Trinajstić information content (AvgIpc) is 3.15. The van der Waals surface area contributed by atoms with Crippen LogP contribution in [0.4, 0.5) is 5.00 Å². The Balaban J connectivity index is 1.72. The maximum atomic E-state index is 12.4. The van der Waals surface area contributed by atoms with Crippen LogP contribution in [-0.2, 0) is 22.4 Å². The molecule has 0 bridgehead atoms. The van der Waals surface area contributed by atoms with Crippen molar-refractivity contribution in [3.8, 4) is 5.75 Å². The van der Waals surface area contributed by atoms with Gasteiger partial charge < -0.3 is 14.8 Å². The molecule has 1 aromatic heterocycles. The fraction of sp³-hybridized carbons (Fsp3) is 0.400. The van der Waals surface area contributed by atoms with Crippen molar-refractivity contribution in [3.63, 3.8) is 0 Å². The van der Waals surface area contributed by atoms with Gasteiger partial charge in [-0.2, -0.15) is 0 Å². The molecular formula is C20H23NO4S. The number of aryl methyl sites for hydroxylation is 3. The summed E-state index contributed by atoms with van der Waals surface area (Å²) in [4.78, 5) is 25.9. The van der Waals surface area contributed by atoms with Gasteiger partial charge in [0.05, 0.1) is 12.2 Å². The largest absolute Gasteiger partial charge is 0.483 e. The SMILES string of the molecule is CCOC(=O)c1c(NC(=O)COc2c(C)cccc2C)sc2c1CCC2. The van der Waals surface area contributed by atoms with Crippen molar-refractivity contribution in [3.05, 3.63) is 45.3 Å². The Hall–Kier alpha value is -2.34. The molecule has 0 radical (unpaired) electrons. The van der Waals surface area contributed by atoms with Gasteiger partial charge in [-0.1, -0.05) is 18.2 Å². The smallest absolute Gasteiger partial charge is 0.341 e. The molecule has 1 aliphatic carbocycles. The van der Waals surface area contributed by atoms with E-state index in [1.54, 1.807) is 6.92 Å². The van der Waals surface area contributed by atoms with E-state index in [4.69, 9.17) is 9.47 Å². The van der Waals surface area contributed by atoms with Crippen molar-refractivity contribution in [2.75, 3.05) is 18.5 Å². The van der Waals surface area contributed by atoms with E-state index in [1.807, 2.05) is 32.0 Å². The predicted octanol–water partition coefficient (Wildman–Crippen LogP) is 4.05. The van der Waals surface area contributed by atoms with E-state index in [2.05, 4.69) is 5.32 Å². The Kier molecular flexibility index (Phi) is 5.61. The number of thiophene rings is 1. The van der Waals surface area contributed by atoms with Gasteiger partial charge >= 0.3 is 5.97 Å². The van der Waals surface area contributed by atoms with Gasteiger partial charge in [0, 0.05) is 4.88 Å². The highest BCUT2D eigenvalue weighted by Gasteiger charge is 2.28. The van der Waals surface area contributed by atoms with Crippen LogP contribution in [0.2, 0.25) is 0 Å². The summed E-state index contributed by atoms with van der Waals surface area (Å²) in [6.45, 7) is 5.88. The molecule has 0 fully saturated rings. The maximum Gasteiger partial charge on any atom is 0.341 e. The van der Waals surface area contributed by atoms with Gasteiger partial charge in [-0.25, -0.2) is 4.79 Å². The van der Waals surface area contributed by atoms with Crippen LogP contribution >= 0.6 is 11.3 Å². The number of carbonyl (C=O) groups excluding carboxylic acids is 2. The molecule has 1 N–H and O–H groups in total. The van der Waals surface area contributed by atoms with Crippen molar-refractivity contribution in [1.82, 2.24) is 0 Å². The van der Waals surface area contributed by atoms with Gasteiger partial charge in [-0.05, 0) is 56.7 Å². The third kappa shape index (κ3) is 3.75. The number of fused-ring (bicyclic) bond motifs is 1. The van der Waals surface area contributed by atoms with Gasteiger partial charge in [-0.3, -0.25) is 4.79 Å². The summed E-state index contributed by atoms with van der Waals surface area (Å²) in [5.74, 6) is 0.0814. The number of para-hydroxylation sites is 1. The molecule has 0 spiro atoms. The summed E-state index contributed by atoms with van der Waals surface area (Å²) in [6.07, 6.45) is 2.84. The molecule has 138 valence electrons. The Morgan fingerprint density at radius 1 is 1.19 bits per heavy atom. The van der Waals surface area contributed by atoms with Crippen molar-refractivity contribution in [2.24, 2.45) is 0 Å². The lowest BCUT2D eigenvalue weighted by Gasteiger charge is -2.12. The molecule has 1 heterocycles. The van der Waals surface area contributed by atoms with E-state index in [-0.39, 0.29) is 18.5 Å². The first-order valence-corrected chi connectivity index (χ1v) is 9.63. The number of esters is 1. The zero-order chi connectivity index (χ0) is 18.7. The van der Waals surface area contributed by atoms with Crippen molar-refractivity contribution < 1.29 is 19.1 Å². The maximum absolute atomic E-state index is 12.4. The number of hydrogen-bond acceptors (Lipinski definition) is 5. The topological polar surface area (TPSA) is 64.6 Å². The highest BCUT2D eigenvalue weighted by Crippen LogP contribution is 2.39. The van der Waals surface area contributed by atoms with Crippen LogP contribution in [0.3, 0.4) is 0 Å². The second-order valence-electron chi connectivity index (χ2n) is 6.34. The number of carbonyl (C=O) groups is 2. The first-order chi connectivity index (χ1) is 12.5. The molecule has 0 aliphatic heterocycles. The Morgan fingerprint density at radius 2 is 1.92 bits per heavy atom. The molecule has 1 amide bonds. The third-order valence-corrected chi connectivity index (χ3v) is 5.62. The molecule has 0 saturated carbocycles. The fourth-order valence-electron chi connectivity index (χ4n) is 3.24. The zero-order valence-electron chi connectivity index (χ0n) is 15.3. The molecule has 26 heavy (non-hydrogen) atoms. The van der Waals surface area contributed by atoms with E-state index in [9.17, 15) is 9.59 Å². The monoisotopic (exact) mass is 373 g/mol. The predicted molar refractivity (Wildman–Crippen MR) is 102 cm³/mol. The minimum Gasteiger partial charge on any atom is -0.483 e. The van der Waals surface area contributed by atoms with E-state index in [1.165, 1.54) is 16.2 Å². The highest BCUT2D eigenvalue weighted by molar-refractivity contribution is 7.17. The first-order valence-electron chi connectivity index (χ1n) is 8.81. The van der Waals surface area contributed by atoms with Gasteiger partial charge in [0.15, 0.2) is 6.61 Å². The number of nitrogens with one attached hydrogen (secondary N) is 1. The second-order valence-corrected chi connectivity index (χ2v) is 7.44. The Labute approximate surface area is 157 Å². The summed E-state index contributed by atoms with van der Waals surface area (Å²) in [5.41, 5.74) is 3.52.